The molecule has 3 aromatic rings. The minimum atomic E-state index is -1.30. The van der Waals surface area contributed by atoms with Crippen LogP contribution in [0.2, 0.25) is 0 Å². The molecule has 0 spiro atoms. The summed E-state index contributed by atoms with van der Waals surface area (Å²) in [5.41, 5.74) is -0.444. The first kappa shape index (κ1) is 18.7. The van der Waals surface area contributed by atoms with Gasteiger partial charge in [-0.2, -0.15) is 0 Å². The molecule has 3 rings (SSSR count). The molecular weight excluding hydrogens is 363 g/mol. The lowest BCUT2D eigenvalue weighted by molar-refractivity contribution is -0.384. The van der Waals surface area contributed by atoms with Gasteiger partial charge in [0.2, 0.25) is 0 Å². The minimum Gasteiger partial charge on any atom is -0.474 e. The number of aryl methyl sites for hydroxylation is 1. The summed E-state index contributed by atoms with van der Waals surface area (Å²) in [7, 11) is 0. The molecule has 27 heavy (non-hydrogen) atoms. The van der Waals surface area contributed by atoms with E-state index in [4.69, 9.17) is 4.74 Å². The molecule has 0 aliphatic rings. The molecule has 0 unspecified atom stereocenters. The lowest BCUT2D eigenvalue weighted by Crippen LogP contribution is -2.30. The molecule has 0 saturated heterocycles. The van der Waals surface area contributed by atoms with Crippen LogP contribution in [0.1, 0.15) is 26.6 Å². The summed E-state index contributed by atoms with van der Waals surface area (Å²) < 4.78 is 48.3. The molecule has 0 radical (unpaired) electrons. The van der Waals surface area contributed by atoms with Crippen molar-refractivity contribution in [3.8, 4) is 5.75 Å². The van der Waals surface area contributed by atoms with Gasteiger partial charge in [0.25, 0.3) is 5.69 Å². The Bertz CT molecular complexity index is 1020. The highest BCUT2D eigenvalue weighted by atomic mass is 19.1. The van der Waals surface area contributed by atoms with Crippen molar-refractivity contribution in [3.05, 3.63) is 63.7 Å². The first-order valence-corrected chi connectivity index (χ1v) is 8.12. The van der Waals surface area contributed by atoms with Crippen LogP contribution in [0.5, 0.6) is 5.75 Å². The van der Waals surface area contributed by atoms with Crippen LogP contribution >= 0.6 is 0 Å². The fraction of sp³-hybridized carbons (Fsp3) is 0.278. The Hall–Kier alpha value is -3.10. The standard InChI is InChI=1S/C18H16F3N3O3/c1-4-23-15-6-5-11(24(25)26)9-14(15)22-17(23)18(2,3)27-16-12(20)7-10(19)8-13(16)21/h5-9H,4H2,1-3H3. The van der Waals surface area contributed by atoms with Crippen molar-refractivity contribution in [2.45, 2.75) is 32.9 Å². The predicted octanol–water partition coefficient (Wildman–Crippen LogP) is 4.70. The van der Waals surface area contributed by atoms with Crippen LogP contribution in [0.4, 0.5) is 18.9 Å². The zero-order valence-electron chi connectivity index (χ0n) is 14.8. The Kier molecular flexibility index (Phi) is 4.54. The first-order valence-electron chi connectivity index (χ1n) is 8.12. The lowest BCUT2D eigenvalue weighted by Gasteiger charge is -2.27. The Morgan fingerprint density at radius 2 is 1.81 bits per heavy atom. The number of halogens is 3. The predicted molar refractivity (Wildman–Crippen MR) is 92.0 cm³/mol. The molecule has 1 heterocycles. The van der Waals surface area contributed by atoms with Gasteiger partial charge in [-0.3, -0.25) is 10.1 Å². The largest absolute Gasteiger partial charge is 0.474 e. The lowest BCUT2D eigenvalue weighted by atomic mass is 10.1. The molecule has 1 aromatic heterocycles. The highest BCUT2D eigenvalue weighted by Crippen LogP contribution is 2.34. The van der Waals surface area contributed by atoms with E-state index >= 15 is 0 Å². The van der Waals surface area contributed by atoms with Crippen LogP contribution in [0.15, 0.2) is 30.3 Å². The number of non-ortho nitro benzene ring substituents is 1. The number of nitro groups is 1. The third kappa shape index (κ3) is 3.32. The molecule has 6 nitrogen and oxygen atoms in total. The summed E-state index contributed by atoms with van der Waals surface area (Å²) in [4.78, 5) is 14.8. The van der Waals surface area contributed by atoms with E-state index in [1.165, 1.54) is 12.1 Å². The van der Waals surface area contributed by atoms with Crippen molar-refractivity contribution in [1.29, 1.82) is 0 Å². The van der Waals surface area contributed by atoms with Crippen LogP contribution in [0.3, 0.4) is 0 Å². The number of rotatable bonds is 5. The van der Waals surface area contributed by atoms with Gasteiger partial charge in [0.15, 0.2) is 28.8 Å². The normalized spacial score (nSPS) is 11.8. The van der Waals surface area contributed by atoms with Crippen molar-refractivity contribution >= 4 is 16.7 Å². The van der Waals surface area contributed by atoms with E-state index in [2.05, 4.69) is 4.98 Å². The summed E-state index contributed by atoms with van der Waals surface area (Å²) in [6.07, 6.45) is 0. The summed E-state index contributed by atoms with van der Waals surface area (Å²) in [5.74, 6) is -3.79. The zero-order valence-corrected chi connectivity index (χ0v) is 14.8. The average molecular weight is 379 g/mol. The quantitative estimate of drug-likeness (QED) is 0.476. The maximum absolute atomic E-state index is 14.0. The molecule has 0 amide bonds. The van der Waals surface area contributed by atoms with E-state index in [1.54, 1.807) is 24.5 Å². The van der Waals surface area contributed by atoms with E-state index in [9.17, 15) is 23.3 Å². The zero-order chi connectivity index (χ0) is 19.9. The molecule has 2 aromatic carbocycles. The van der Waals surface area contributed by atoms with Crippen LogP contribution in [0, 0.1) is 27.6 Å². The van der Waals surface area contributed by atoms with Crippen LogP contribution in [-0.2, 0) is 12.1 Å². The average Bonchev–Trinajstić information content (AvgIpc) is 2.96. The number of ether oxygens (including phenoxy) is 1. The minimum absolute atomic E-state index is 0.121. The second-order valence-corrected chi connectivity index (χ2v) is 6.42. The van der Waals surface area contributed by atoms with Crippen molar-refractivity contribution in [1.82, 2.24) is 9.55 Å². The summed E-state index contributed by atoms with van der Waals surface area (Å²) >= 11 is 0. The fourth-order valence-corrected chi connectivity index (χ4v) is 2.94. The second-order valence-electron chi connectivity index (χ2n) is 6.42. The van der Waals surface area contributed by atoms with E-state index in [-0.39, 0.29) is 5.69 Å². The third-order valence-electron chi connectivity index (χ3n) is 4.12. The third-order valence-corrected chi connectivity index (χ3v) is 4.12. The second kappa shape index (κ2) is 6.57. The number of imidazole rings is 1. The highest BCUT2D eigenvalue weighted by molar-refractivity contribution is 5.79. The monoisotopic (exact) mass is 379 g/mol. The molecule has 0 N–H and O–H groups in total. The van der Waals surface area contributed by atoms with Crippen molar-refractivity contribution in [3.63, 3.8) is 0 Å². The maximum Gasteiger partial charge on any atom is 0.271 e. The molecule has 0 aliphatic heterocycles. The number of fused-ring (bicyclic) bond motifs is 1. The van der Waals surface area contributed by atoms with Gasteiger partial charge in [0.1, 0.15) is 5.82 Å². The highest BCUT2D eigenvalue weighted by Gasteiger charge is 2.32. The Balaban J connectivity index is 2.11. The van der Waals surface area contributed by atoms with Gasteiger partial charge in [0, 0.05) is 30.8 Å². The molecule has 0 fully saturated rings. The number of nitrogens with zero attached hydrogens (tertiary/aromatic N) is 3. The van der Waals surface area contributed by atoms with Crippen LogP contribution in [-0.4, -0.2) is 14.5 Å². The van der Waals surface area contributed by atoms with Gasteiger partial charge in [-0.15, -0.1) is 0 Å². The van der Waals surface area contributed by atoms with Crippen molar-refractivity contribution < 1.29 is 22.8 Å². The molecule has 0 atom stereocenters. The number of hydrogen-bond acceptors (Lipinski definition) is 4. The number of hydrogen-bond donors (Lipinski definition) is 0. The van der Waals surface area contributed by atoms with Crippen LogP contribution in [0.25, 0.3) is 11.0 Å². The SMILES string of the molecule is CCn1c(C(C)(C)Oc2c(F)cc(F)cc2F)nc2cc([N+](=O)[O-])ccc21. The van der Waals surface area contributed by atoms with Gasteiger partial charge in [0.05, 0.1) is 16.0 Å². The Labute approximate surface area is 152 Å². The topological polar surface area (TPSA) is 70.2 Å². The number of benzene rings is 2. The molecule has 0 bridgehead atoms. The number of aromatic nitrogens is 2. The van der Waals surface area contributed by atoms with Gasteiger partial charge in [-0.25, -0.2) is 18.2 Å². The maximum atomic E-state index is 14.0. The Morgan fingerprint density at radius 3 is 2.37 bits per heavy atom. The van der Waals surface area contributed by atoms with Crippen molar-refractivity contribution in [2.24, 2.45) is 0 Å². The van der Waals surface area contributed by atoms with E-state index in [1.807, 2.05) is 6.92 Å². The summed E-state index contributed by atoms with van der Waals surface area (Å²) in [6, 6.07) is 5.29. The Morgan fingerprint density at radius 1 is 1.19 bits per heavy atom. The van der Waals surface area contributed by atoms with E-state index < -0.39 is 33.7 Å². The number of nitro benzene ring substituents is 1. The van der Waals surface area contributed by atoms with E-state index in [0.29, 0.717) is 35.5 Å². The van der Waals surface area contributed by atoms with Gasteiger partial charge < -0.3 is 9.30 Å². The molecular formula is C18H16F3N3O3. The van der Waals surface area contributed by atoms with Gasteiger partial charge in [-0.1, -0.05) is 0 Å². The molecule has 142 valence electrons. The van der Waals surface area contributed by atoms with Gasteiger partial charge >= 0.3 is 0 Å². The van der Waals surface area contributed by atoms with Crippen LogP contribution < -0.4 is 4.74 Å². The molecule has 0 saturated carbocycles. The smallest absolute Gasteiger partial charge is 0.271 e. The van der Waals surface area contributed by atoms with Crippen molar-refractivity contribution in [2.75, 3.05) is 0 Å². The first-order chi connectivity index (χ1) is 12.6. The molecule has 0 aliphatic carbocycles. The summed E-state index contributed by atoms with van der Waals surface area (Å²) in [6.45, 7) is 5.39. The van der Waals surface area contributed by atoms with Gasteiger partial charge in [-0.05, 0) is 26.8 Å². The summed E-state index contributed by atoms with van der Waals surface area (Å²) in [5, 5.41) is 11.0. The van der Waals surface area contributed by atoms with E-state index in [0.717, 1.165) is 0 Å². The fourth-order valence-electron chi connectivity index (χ4n) is 2.94. The molecule has 9 heteroatoms.